The number of amides is 1. The monoisotopic (exact) mass is 360 g/mol. The number of thiophene rings is 1. The van der Waals surface area contributed by atoms with Crippen molar-refractivity contribution in [2.45, 2.75) is 13.8 Å². The van der Waals surface area contributed by atoms with Crippen molar-refractivity contribution in [2.75, 3.05) is 12.4 Å². The van der Waals surface area contributed by atoms with Gasteiger partial charge in [-0.25, -0.2) is 4.79 Å². The van der Waals surface area contributed by atoms with E-state index in [4.69, 9.17) is 27.9 Å². The summed E-state index contributed by atoms with van der Waals surface area (Å²) in [7, 11) is 2.94. The Morgan fingerprint density at radius 3 is 2.45 bits per heavy atom. The molecule has 0 saturated heterocycles. The van der Waals surface area contributed by atoms with Crippen molar-refractivity contribution >= 4 is 51.4 Å². The minimum absolute atomic E-state index is 0.276. The van der Waals surface area contributed by atoms with Crippen LogP contribution in [0.4, 0.5) is 5.00 Å². The Bertz CT molecular complexity index is 765. The molecule has 0 aliphatic rings. The highest BCUT2D eigenvalue weighted by Crippen LogP contribution is 2.34. The van der Waals surface area contributed by atoms with Gasteiger partial charge in [0.2, 0.25) is 0 Å². The number of nitrogens with zero attached hydrogens (tertiary/aromatic N) is 1. The maximum atomic E-state index is 12.4. The smallest absolute Gasteiger partial charge is 0.341 e. The summed E-state index contributed by atoms with van der Waals surface area (Å²) in [5, 5.41) is 3.74. The third kappa shape index (κ3) is 2.86. The second kappa shape index (κ2) is 6.32. The lowest BCUT2D eigenvalue weighted by Gasteiger charge is -2.07. The average molecular weight is 361 g/mol. The zero-order chi connectivity index (χ0) is 16.6. The van der Waals surface area contributed by atoms with Crippen molar-refractivity contribution in [1.29, 1.82) is 0 Å². The molecule has 0 aliphatic heterocycles. The number of nitrogens with one attached hydrogen (secondary N) is 1. The molecule has 2 rings (SSSR count). The normalized spacial score (nSPS) is 10.6. The lowest BCUT2D eigenvalue weighted by Crippen LogP contribution is -2.17. The number of anilines is 1. The molecule has 118 valence electrons. The van der Waals surface area contributed by atoms with Crippen molar-refractivity contribution in [3.63, 3.8) is 0 Å². The molecule has 0 unspecified atom stereocenters. The second-order valence-electron chi connectivity index (χ2n) is 4.66. The van der Waals surface area contributed by atoms with Crippen LogP contribution in [-0.2, 0) is 11.8 Å². The van der Waals surface area contributed by atoms with Crippen LogP contribution in [0.3, 0.4) is 0 Å². The Morgan fingerprint density at radius 2 is 1.95 bits per heavy atom. The third-order valence-electron chi connectivity index (χ3n) is 3.35. The Hall–Kier alpha value is -1.50. The number of hydrogen-bond donors (Lipinski definition) is 1. The van der Waals surface area contributed by atoms with Crippen LogP contribution in [0, 0.1) is 13.8 Å². The highest BCUT2D eigenvalue weighted by molar-refractivity contribution is 7.16. The Labute approximate surface area is 141 Å². The van der Waals surface area contributed by atoms with E-state index in [9.17, 15) is 9.59 Å². The summed E-state index contributed by atoms with van der Waals surface area (Å²) in [5.41, 5.74) is 1.45. The zero-order valence-electron chi connectivity index (χ0n) is 12.4. The summed E-state index contributed by atoms with van der Waals surface area (Å²) < 4.78 is 6.25. The van der Waals surface area contributed by atoms with Gasteiger partial charge in [0, 0.05) is 11.9 Å². The minimum Gasteiger partial charge on any atom is -0.465 e. The van der Waals surface area contributed by atoms with Crippen molar-refractivity contribution in [2.24, 2.45) is 7.05 Å². The molecule has 0 spiro atoms. The van der Waals surface area contributed by atoms with Crippen LogP contribution in [0.25, 0.3) is 0 Å². The maximum absolute atomic E-state index is 12.4. The Balaban J connectivity index is 2.39. The first-order chi connectivity index (χ1) is 10.3. The molecule has 0 fully saturated rings. The fourth-order valence-electron chi connectivity index (χ4n) is 1.99. The molecule has 8 heteroatoms. The molecule has 1 N–H and O–H groups in total. The van der Waals surface area contributed by atoms with Gasteiger partial charge in [-0.3, -0.25) is 4.79 Å². The molecule has 2 heterocycles. The number of rotatable bonds is 3. The van der Waals surface area contributed by atoms with Crippen LogP contribution in [0.5, 0.6) is 0 Å². The molecule has 0 radical (unpaired) electrons. The summed E-state index contributed by atoms with van der Waals surface area (Å²) >= 11 is 13.2. The highest BCUT2D eigenvalue weighted by Gasteiger charge is 2.23. The molecule has 0 aromatic carbocycles. The standard InChI is InChI=1S/C14H14Cl2N2O3S/c1-6-7(2)22-13(10(6)14(20)21-4)17-12(19)9-5-8(15)11(16)18(9)3/h5H,1-4H3,(H,17,19). The van der Waals surface area contributed by atoms with Gasteiger partial charge in [0.1, 0.15) is 15.8 Å². The van der Waals surface area contributed by atoms with E-state index >= 15 is 0 Å². The predicted octanol–water partition coefficient (Wildman–Crippen LogP) is 4.05. The van der Waals surface area contributed by atoms with Crippen LogP contribution < -0.4 is 5.32 Å². The number of halogens is 2. The molecule has 0 atom stereocenters. The summed E-state index contributed by atoms with van der Waals surface area (Å²) in [6.07, 6.45) is 0. The Morgan fingerprint density at radius 1 is 1.32 bits per heavy atom. The molecule has 0 bridgehead atoms. The van der Waals surface area contributed by atoms with Crippen LogP contribution in [0.2, 0.25) is 10.2 Å². The predicted molar refractivity (Wildman–Crippen MR) is 88.5 cm³/mol. The number of ether oxygens (including phenoxy) is 1. The summed E-state index contributed by atoms with van der Waals surface area (Å²) in [4.78, 5) is 25.2. The van der Waals surface area contributed by atoms with Gasteiger partial charge in [0.15, 0.2) is 0 Å². The van der Waals surface area contributed by atoms with Crippen molar-refractivity contribution < 1.29 is 14.3 Å². The molecule has 2 aromatic heterocycles. The van der Waals surface area contributed by atoms with Gasteiger partial charge in [-0.1, -0.05) is 23.2 Å². The summed E-state index contributed by atoms with van der Waals surface area (Å²) in [5.74, 6) is -0.886. The first kappa shape index (κ1) is 16.9. The van der Waals surface area contributed by atoms with E-state index < -0.39 is 11.9 Å². The van der Waals surface area contributed by atoms with E-state index in [2.05, 4.69) is 5.32 Å². The van der Waals surface area contributed by atoms with E-state index in [1.807, 2.05) is 13.8 Å². The van der Waals surface area contributed by atoms with Gasteiger partial charge in [-0.05, 0) is 25.5 Å². The highest BCUT2D eigenvalue weighted by atomic mass is 35.5. The van der Waals surface area contributed by atoms with Crippen LogP contribution >= 0.6 is 34.5 Å². The Kier molecular flexibility index (Phi) is 4.84. The van der Waals surface area contributed by atoms with Crippen LogP contribution in [0.1, 0.15) is 31.3 Å². The first-order valence-electron chi connectivity index (χ1n) is 6.28. The number of methoxy groups -OCH3 is 1. The molecule has 1 amide bonds. The molecule has 0 saturated carbocycles. The number of esters is 1. The number of hydrogen-bond acceptors (Lipinski definition) is 4. The van der Waals surface area contributed by atoms with Gasteiger partial charge < -0.3 is 14.6 Å². The molecular formula is C14H14Cl2N2O3S. The fourth-order valence-corrected chi connectivity index (χ4v) is 3.41. The quantitative estimate of drug-likeness (QED) is 0.839. The molecule has 5 nitrogen and oxygen atoms in total. The average Bonchev–Trinajstić information content (AvgIpc) is 2.89. The molecule has 0 aliphatic carbocycles. The maximum Gasteiger partial charge on any atom is 0.341 e. The van der Waals surface area contributed by atoms with E-state index in [1.54, 1.807) is 7.05 Å². The van der Waals surface area contributed by atoms with E-state index in [-0.39, 0.29) is 5.15 Å². The lowest BCUT2D eigenvalue weighted by atomic mass is 10.1. The second-order valence-corrected chi connectivity index (χ2v) is 6.65. The van der Waals surface area contributed by atoms with Gasteiger partial charge >= 0.3 is 5.97 Å². The number of aryl methyl sites for hydroxylation is 1. The number of aromatic nitrogens is 1. The van der Waals surface area contributed by atoms with Crippen LogP contribution in [0.15, 0.2) is 6.07 Å². The van der Waals surface area contributed by atoms with E-state index in [0.717, 1.165) is 10.4 Å². The van der Waals surface area contributed by atoms with E-state index in [0.29, 0.717) is 21.3 Å². The van der Waals surface area contributed by atoms with Gasteiger partial charge in [-0.2, -0.15) is 0 Å². The van der Waals surface area contributed by atoms with Gasteiger partial charge in [0.25, 0.3) is 5.91 Å². The largest absolute Gasteiger partial charge is 0.465 e. The van der Waals surface area contributed by atoms with Crippen LogP contribution in [-0.4, -0.2) is 23.6 Å². The first-order valence-corrected chi connectivity index (χ1v) is 7.85. The molecular weight excluding hydrogens is 347 g/mol. The molecule has 22 heavy (non-hydrogen) atoms. The third-order valence-corrected chi connectivity index (χ3v) is 5.32. The van der Waals surface area contributed by atoms with Gasteiger partial charge in [-0.15, -0.1) is 11.3 Å². The fraction of sp³-hybridized carbons (Fsp3) is 0.286. The van der Waals surface area contributed by atoms with Crippen molar-refractivity contribution in [3.05, 3.63) is 37.9 Å². The molecule has 2 aromatic rings. The van der Waals surface area contributed by atoms with E-state index in [1.165, 1.54) is 29.1 Å². The van der Waals surface area contributed by atoms with Crippen molar-refractivity contribution in [1.82, 2.24) is 4.57 Å². The lowest BCUT2D eigenvalue weighted by molar-refractivity contribution is 0.0601. The summed E-state index contributed by atoms with van der Waals surface area (Å²) in [6.45, 7) is 3.68. The topological polar surface area (TPSA) is 60.3 Å². The number of carbonyl (C=O) groups is 2. The van der Waals surface area contributed by atoms with Crippen molar-refractivity contribution in [3.8, 4) is 0 Å². The minimum atomic E-state index is -0.486. The number of carbonyl (C=O) groups excluding carboxylic acids is 2. The summed E-state index contributed by atoms with van der Waals surface area (Å²) in [6, 6.07) is 1.48. The van der Waals surface area contributed by atoms with Gasteiger partial charge in [0.05, 0.1) is 17.7 Å². The zero-order valence-corrected chi connectivity index (χ0v) is 14.7. The SMILES string of the molecule is COC(=O)c1c(NC(=O)c2cc(Cl)c(Cl)n2C)sc(C)c1C.